The number of hydrogen-bond donors (Lipinski definition) is 1. The fourth-order valence-corrected chi connectivity index (χ4v) is 2.51. The summed E-state index contributed by atoms with van der Waals surface area (Å²) in [6.45, 7) is 4.09. The van der Waals surface area contributed by atoms with E-state index in [2.05, 4.69) is 10.5 Å². The van der Waals surface area contributed by atoms with Gasteiger partial charge in [0.25, 0.3) is 5.91 Å². The number of aryl methyl sites for hydroxylation is 2. The molecule has 128 valence electrons. The number of anilines is 1. The molecule has 0 aliphatic carbocycles. The Morgan fingerprint density at radius 1 is 1.16 bits per heavy atom. The van der Waals surface area contributed by atoms with Crippen LogP contribution in [0.25, 0.3) is 0 Å². The first kappa shape index (κ1) is 17.0. The van der Waals surface area contributed by atoms with Crippen LogP contribution in [0.5, 0.6) is 5.75 Å². The second-order valence-electron chi connectivity index (χ2n) is 5.55. The lowest BCUT2D eigenvalue weighted by Crippen LogP contribution is -2.12. The number of para-hydroxylation sites is 1. The Morgan fingerprint density at radius 3 is 2.52 bits per heavy atom. The molecule has 5 nitrogen and oxygen atoms in total. The van der Waals surface area contributed by atoms with E-state index in [1.165, 1.54) is 0 Å². The van der Waals surface area contributed by atoms with Crippen LogP contribution in [0, 0.1) is 13.8 Å². The summed E-state index contributed by atoms with van der Waals surface area (Å²) in [5, 5.41) is 7.17. The molecule has 25 heavy (non-hydrogen) atoms. The molecule has 0 fully saturated rings. The first-order chi connectivity index (χ1) is 12.0. The van der Waals surface area contributed by atoms with Gasteiger partial charge in [-0.05, 0) is 50.2 Å². The summed E-state index contributed by atoms with van der Waals surface area (Å²) in [7, 11) is 0. The van der Waals surface area contributed by atoms with Gasteiger partial charge in [-0.2, -0.15) is 0 Å². The molecule has 1 heterocycles. The number of ether oxygens (including phenoxy) is 1. The number of rotatable bonds is 5. The molecule has 1 N–H and O–H groups in total. The number of aromatic nitrogens is 1. The highest BCUT2D eigenvalue weighted by Gasteiger charge is 2.11. The van der Waals surface area contributed by atoms with Crippen molar-refractivity contribution in [3.63, 3.8) is 0 Å². The minimum Gasteiger partial charge on any atom is -0.489 e. The van der Waals surface area contributed by atoms with Crippen molar-refractivity contribution in [1.82, 2.24) is 5.16 Å². The summed E-state index contributed by atoms with van der Waals surface area (Å²) in [4.78, 5) is 12.3. The maximum Gasteiger partial charge on any atom is 0.255 e. The first-order valence-corrected chi connectivity index (χ1v) is 8.13. The zero-order chi connectivity index (χ0) is 17.8. The smallest absolute Gasteiger partial charge is 0.255 e. The number of benzene rings is 2. The maximum atomic E-state index is 12.3. The van der Waals surface area contributed by atoms with Crippen molar-refractivity contribution in [2.45, 2.75) is 20.5 Å². The van der Waals surface area contributed by atoms with Crippen molar-refractivity contribution >= 4 is 23.2 Å². The molecule has 0 aliphatic heterocycles. The Labute approximate surface area is 150 Å². The van der Waals surface area contributed by atoms with Gasteiger partial charge in [0.1, 0.15) is 18.1 Å². The van der Waals surface area contributed by atoms with Gasteiger partial charge in [-0.3, -0.25) is 4.79 Å². The van der Waals surface area contributed by atoms with Crippen LogP contribution >= 0.6 is 11.6 Å². The second-order valence-corrected chi connectivity index (χ2v) is 5.96. The molecule has 0 radical (unpaired) electrons. The molecule has 6 heteroatoms. The minimum absolute atomic E-state index is 0.231. The lowest BCUT2D eigenvalue weighted by molar-refractivity contribution is 0.102. The predicted octanol–water partition coefficient (Wildman–Crippen LogP) is 4.78. The number of halogens is 1. The molecule has 2 aromatic carbocycles. The van der Waals surface area contributed by atoms with E-state index in [1.807, 2.05) is 26.0 Å². The number of carbonyl (C=O) groups is 1. The topological polar surface area (TPSA) is 64.4 Å². The van der Waals surface area contributed by atoms with Crippen molar-refractivity contribution in [2.75, 3.05) is 5.32 Å². The Bertz CT molecular complexity index is 868. The summed E-state index contributed by atoms with van der Waals surface area (Å²) < 4.78 is 10.8. The van der Waals surface area contributed by atoms with Gasteiger partial charge in [-0.15, -0.1) is 0 Å². The highest BCUT2D eigenvalue weighted by atomic mass is 35.5. The van der Waals surface area contributed by atoms with E-state index in [1.54, 1.807) is 36.4 Å². The van der Waals surface area contributed by atoms with Gasteiger partial charge in [0.05, 0.1) is 22.0 Å². The zero-order valence-corrected chi connectivity index (χ0v) is 14.6. The largest absolute Gasteiger partial charge is 0.489 e. The molecule has 0 saturated heterocycles. The van der Waals surface area contributed by atoms with Crippen LogP contribution in [0.4, 0.5) is 5.69 Å². The van der Waals surface area contributed by atoms with Crippen LogP contribution in [-0.2, 0) is 6.61 Å². The summed E-state index contributed by atoms with van der Waals surface area (Å²) in [5.74, 6) is 1.17. The van der Waals surface area contributed by atoms with Gasteiger partial charge >= 0.3 is 0 Å². The van der Waals surface area contributed by atoms with Gasteiger partial charge in [-0.25, -0.2) is 0 Å². The average Bonchev–Trinajstić information content (AvgIpc) is 2.93. The van der Waals surface area contributed by atoms with Crippen molar-refractivity contribution in [3.8, 4) is 5.75 Å². The second kappa shape index (κ2) is 7.40. The molecule has 0 aliphatic rings. The lowest BCUT2D eigenvalue weighted by atomic mass is 10.2. The summed E-state index contributed by atoms with van der Waals surface area (Å²) >= 11 is 6.05. The van der Waals surface area contributed by atoms with Crippen LogP contribution in [0.2, 0.25) is 5.02 Å². The molecule has 3 aromatic rings. The normalized spacial score (nSPS) is 10.5. The highest BCUT2D eigenvalue weighted by molar-refractivity contribution is 6.33. The first-order valence-electron chi connectivity index (χ1n) is 7.75. The summed E-state index contributed by atoms with van der Waals surface area (Å²) in [6.07, 6.45) is 0. The fraction of sp³-hybridized carbons (Fsp3) is 0.158. The Balaban J connectivity index is 1.64. The van der Waals surface area contributed by atoms with Crippen molar-refractivity contribution in [3.05, 3.63) is 76.1 Å². The van der Waals surface area contributed by atoms with E-state index < -0.39 is 0 Å². The number of nitrogens with zero attached hydrogens (tertiary/aromatic N) is 1. The van der Waals surface area contributed by atoms with Crippen LogP contribution in [-0.4, -0.2) is 11.1 Å². The highest BCUT2D eigenvalue weighted by Crippen LogP contribution is 2.22. The SMILES string of the molecule is Cc1noc(C)c1COc1ccc(C(=O)Nc2ccccc2Cl)cc1. The van der Waals surface area contributed by atoms with Crippen LogP contribution < -0.4 is 10.1 Å². The third-order valence-corrected chi connectivity index (χ3v) is 4.13. The number of nitrogens with one attached hydrogen (secondary N) is 1. The lowest BCUT2D eigenvalue weighted by Gasteiger charge is -2.09. The van der Waals surface area contributed by atoms with Crippen LogP contribution in [0.1, 0.15) is 27.4 Å². The molecule has 0 atom stereocenters. The number of amides is 1. The molecule has 0 saturated carbocycles. The van der Waals surface area contributed by atoms with Gasteiger partial charge in [0.2, 0.25) is 0 Å². The average molecular weight is 357 g/mol. The van der Waals surface area contributed by atoms with E-state index in [4.69, 9.17) is 20.9 Å². The molecule has 0 spiro atoms. The Kier molecular flexibility index (Phi) is 5.05. The molecular formula is C19H17ClN2O3. The molecular weight excluding hydrogens is 340 g/mol. The molecule has 1 aromatic heterocycles. The van der Waals surface area contributed by atoms with Crippen LogP contribution in [0.3, 0.4) is 0 Å². The maximum absolute atomic E-state index is 12.3. The third-order valence-electron chi connectivity index (χ3n) is 3.80. The van der Waals surface area contributed by atoms with Gasteiger partial charge in [-0.1, -0.05) is 28.9 Å². The Hall–Kier alpha value is -2.79. The van der Waals surface area contributed by atoms with E-state index in [0.717, 1.165) is 17.0 Å². The van der Waals surface area contributed by atoms with E-state index >= 15 is 0 Å². The van der Waals surface area contributed by atoms with E-state index in [9.17, 15) is 4.79 Å². The molecule has 1 amide bonds. The van der Waals surface area contributed by atoms with Gasteiger partial charge in [0, 0.05) is 5.56 Å². The molecule has 0 bridgehead atoms. The predicted molar refractivity (Wildman–Crippen MR) is 96.2 cm³/mol. The summed E-state index contributed by atoms with van der Waals surface area (Å²) in [6, 6.07) is 14.0. The molecule has 0 unspecified atom stereocenters. The van der Waals surface area contributed by atoms with Crippen molar-refractivity contribution < 1.29 is 14.1 Å². The minimum atomic E-state index is -0.231. The van der Waals surface area contributed by atoms with E-state index in [0.29, 0.717) is 28.6 Å². The fourth-order valence-electron chi connectivity index (χ4n) is 2.32. The third kappa shape index (κ3) is 4.00. The monoisotopic (exact) mass is 356 g/mol. The van der Waals surface area contributed by atoms with Crippen LogP contribution in [0.15, 0.2) is 53.1 Å². The number of carbonyl (C=O) groups excluding carboxylic acids is 1. The summed E-state index contributed by atoms with van der Waals surface area (Å²) in [5.41, 5.74) is 2.84. The Morgan fingerprint density at radius 2 is 1.88 bits per heavy atom. The standard InChI is InChI=1S/C19H17ClN2O3/c1-12-16(13(2)25-22-12)11-24-15-9-7-14(8-10-15)19(23)21-18-6-4-3-5-17(18)20/h3-10H,11H2,1-2H3,(H,21,23). The van der Waals surface area contributed by atoms with Gasteiger partial charge in [0.15, 0.2) is 0 Å². The van der Waals surface area contributed by atoms with Crippen molar-refractivity contribution in [2.24, 2.45) is 0 Å². The zero-order valence-electron chi connectivity index (χ0n) is 13.9. The number of hydrogen-bond acceptors (Lipinski definition) is 4. The van der Waals surface area contributed by atoms with Crippen molar-refractivity contribution in [1.29, 1.82) is 0 Å². The van der Waals surface area contributed by atoms with Gasteiger partial charge < -0.3 is 14.6 Å². The quantitative estimate of drug-likeness (QED) is 0.714. The molecule has 3 rings (SSSR count). The van der Waals surface area contributed by atoms with E-state index in [-0.39, 0.29) is 5.91 Å².